The molecule has 19 heavy (non-hydrogen) atoms. The van der Waals surface area contributed by atoms with E-state index in [-0.39, 0.29) is 5.91 Å². The lowest BCUT2D eigenvalue weighted by Gasteiger charge is -2.35. The zero-order valence-electron chi connectivity index (χ0n) is 11.5. The minimum absolute atomic E-state index is 0.126. The molecule has 1 aromatic rings. The molecule has 1 amide bonds. The molecular weight excluding hydrogens is 242 g/mol. The van der Waals surface area contributed by atoms with Crippen molar-refractivity contribution < 1.29 is 4.79 Å². The first-order valence-electron chi connectivity index (χ1n) is 6.54. The molecular formula is C13H21N5O. The highest BCUT2D eigenvalue weighted by Gasteiger charge is 2.25. The first-order chi connectivity index (χ1) is 8.96. The zero-order valence-corrected chi connectivity index (χ0v) is 11.5. The van der Waals surface area contributed by atoms with E-state index in [1.807, 2.05) is 18.7 Å². The van der Waals surface area contributed by atoms with E-state index in [0.717, 1.165) is 19.0 Å². The molecule has 0 radical (unpaired) electrons. The Kier molecular flexibility index (Phi) is 3.99. The molecule has 1 fully saturated rings. The Bertz CT molecular complexity index is 420. The van der Waals surface area contributed by atoms with Crippen molar-refractivity contribution in [2.24, 2.45) is 5.73 Å². The van der Waals surface area contributed by atoms with Crippen LogP contribution in [0.1, 0.15) is 20.3 Å². The van der Waals surface area contributed by atoms with Crippen molar-refractivity contribution in [2.45, 2.75) is 25.8 Å². The number of aromatic nitrogens is 2. The summed E-state index contributed by atoms with van der Waals surface area (Å²) < 4.78 is 0. The molecule has 0 aliphatic carbocycles. The predicted molar refractivity (Wildman–Crippen MR) is 73.7 cm³/mol. The van der Waals surface area contributed by atoms with Crippen molar-refractivity contribution in [3.63, 3.8) is 0 Å². The van der Waals surface area contributed by atoms with Gasteiger partial charge in [-0.1, -0.05) is 0 Å². The highest BCUT2D eigenvalue weighted by Crippen LogP contribution is 2.12. The maximum absolute atomic E-state index is 12.1. The number of hydrogen-bond donors (Lipinski definition) is 1. The highest BCUT2D eigenvalue weighted by molar-refractivity contribution is 5.77. The fraction of sp³-hybridized carbons (Fsp3) is 0.615. The van der Waals surface area contributed by atoms with E-state index >= 15 is 0 Å². The molecule has 2 N–H and O–H groups in total. The molecule has 2 heterocycles. The second-order valence-electron chi connectivity index (χ2n) is 5.58. The largest absolute Gasteiger partial charge is 0.339 e. The molecule has 6 heteroatoms. The average Bonchev–Trinajstić information content (AvgIpc) is 2.38. The first-order valence-corrected chi connectivity index (χ1v) is 6.54. The number of anilines is 1. The van der Waals surface area contributed by atoms with Gasteiger partial charge in [0, 0.05) is 50.5 Å². The Morgan fingerprint density at radius 2 is 1.84 bits per heavy atom. The van der Waals surface area contributed by atoms with Crippen molar-refractivity contribution in [1.82, 2.24) is 14.9 Å². The molecule has 6 nitrogen and oxygen atoms in total. The summed E-state index contributed by atoms with van der Waals surface area (Å²) in [6.07, 6.45) is 3.85. The van der Waals surface area contributed by atoms with Crippen molar-refractivity contribution in [1.29, 1.82) is 0 Å². The molecule has 0 bridgehead atoms. The van der Waals surface area contributed by atoms with Crippen molar-refractivity contribution in [2.75, 3.05) is 31.1 Å². The van der Waals surface area contributed by atoms with Gasteiger partial charge in [0.25, 0.3) is 0 Å². The number of carbonyl (C=O) groups excluding carboxylic acids is 1. The van der Waals surface area contributed by atoms with Gasteiger partial charge in [-0.3, -0.25) is 4.79 Å². The minimum atomic E-state index is -0.448. The molecule has 0 unspecified atom stereocenters. The van der Waals surface area contributed by atoms with Gasteiger partial charge in [0.05, 0.1) is 0 Å². The van der Waals surface area contributed by atoms with E-state index in [4.69, 9.17) is 5.73 Å². The van der Waals surface area contributed by atoms with E-state index in [0.29, 0.717) is 19.5 Å². The summed E-state index contributed by atoms with van der Waals surface area (Å²) in [5.41, 5.74) is 5.44. The monoisotopic (exact) mass is 263 g/mol. The molecule has 1 saturated heterocycles. The third-order valence-corrected chi connectivity index (χ3v) is 3.07. The van der Waals surface area contributed by atoms with Crippen LogP contribution in [-0.2, 0) is 4.79 Å². The van der Waals surface area contributed by atoms with E-state index < -0.39 is 5.54 Å². The number of rotatable bonds is 3. The van der Waals surface area contributed by atoms with Crippen molar-refractivity contribution in [3.05, 3.63) is 18.5 Å². The van der Waals surface area contributed by atoms with Gasteiger partial charge in [0.1, 0.15) is 0 Å². The van der Waals surface area contributed by atoms with Gasteiger partial charge in [-0.25, -0.2) is 9.97 Å². The van der Waals surface area contributed by atoms with Crippen LogP contribution >= 0.6 is 0 Å². The summed E-state index contributed by atoms with van der Waals surface area (Å²) in [7, 11) is 0. The smallest absolute Gasteiger partial charge is 0.225 e. The molecule has 0 aromatic carbocycles. The minimum Gasteiger partial charge on any atom is -0.339 e. The van der Waals surface area contributed by atoms with Crippen LogP contribution in [0.4, 0.5) is 5.95 Å². The summed E-state index contributed by atoms with van der Waals surface area (Å²) in [6.45, 7) is 6.68. The second kappa shape index (κ2) is 5.52. The first kappa shape index (κ1) is 13.7. The maximum atomic E-state index is 12.1. The summed E-state index contributed by atoms with van der Waals surface area (Å²) in [5, 5.41) is 0. The van der Waals surface area contributed by atoms with Gasteiger partial charge in [-0.05, 0) is 19.9 Å². The van der Waals surface area contributed by atoms with E-state index in [9.17, 15) is 4.79 Å². The van der Waals surface area contributed by atoms with Crippen LogP contribution < -0.4 is 10.6 Å². The van der Waals surface area contributed by atoms with Crippen molar-refractivity contribution in [3.8, 4) is 0 Å². The van der Waals surface area contributed by atoms with Crippen LogP contribution in [0.2, 0.25) is 0 Å². The fourth-order valence-corrected chi connectivity index (χ4v) is 2.11. The lowest BCUT2D eigenvalue weighted by atomic mass is 10.0. The van der Waals surface area contributed by atoms with Crippen LogP contribution in [0.5, 0.6) is 0 Å². The van der Waals surface area contributed by atoms with Gasteiger partial charge in [-0.2, -0.15) is 0 Å². The van der Waals surface area contributed by atoms with Gasteiger partial charge >= 0.3 is 0 Å². The lowest BCUT2D eigenvalue weighted by molar-refractivity contribution is -0.132. The van der Waals surface area contributed by atoms with Crippen LogP contribution in [0, 0.1) is 0 Å². The summed E-state index contributed by atoms with van der Waals surface area (Å²) >= 11 is 0. The Morgan fingerprint density at radius 1 is 1.26 bits per heavy atom. The number of piperazine rings is 1. The van der Waals surface area contributed by atoms with Crippen LogP contribution in [0.25, 0.3) is 0 Å². The molecule has 104 valence electrons. The third kappa shape index (κ3) is 3.89. The van der Waals surface area contributed by atoms with Gasteiger partial charge < -0.3 is 15.5 Å². The average molecular weight is 263 g/mol. The topological polar surface area (TPSA) is 75.4 Å². The lowest BCUT2D eigenvalue weighted by Crippen LogP contribution is -2.51. The third-order valence-electron chi connectivity index (χ3n) is 3.07. The Labute approximate surface area is 113 Å². The SMILES string of the molecule is CC(C)(N)CC(=O)N1CCN(c2ncccn2)CC1. The predicted octanol–water partition coefficient (Wildman–Crippen LogP) is 0.253. The van der Waals surface area contributed by atoms with Gasteiger partial charge in [-0.15, -0.1) is 0 Å². The molecule has 1 aliphatic rings. The van der Waals surface area contributed by atoms with Gasteiger partial charge in [0.15, 0.2) is 0 Å². The molecule has 0 saturated carbocycles. The van der Waals surface area contributed by atoms with Crippen LogP contribution in [0.15, 0.2) is 18.5 Å². The summed E-state index contributed by atoms with van der Waals surface area (Å²) in [5.74, 6) is 0.856. The Morgan fingerprint density at radius 3 is 2.37 bits per heavy atom. The summed E-state index contributed by atoms with van der Waals surface area (Å²) in [4.78, 5) is 24.5. The zero-order chi connectivity index (χ0) is 13.9. The molecule has 1 aliphatic heterocycles. The summed E-state index contributed by atoms with van der Waals surface area (Å²) in [6, 6.07) is 1.80. The molecule has 2 rings (SSSR count). The maximum Gasteiger partial charge on any atom is 0.225 e. The number of hydrogen-bond acceptors (Lipinski definition) is 5. The quantitative estimate of drug-likeness (QED) is 0.846. The number of carbonyl (C=O) groups is 1. The molecule has 0 atom stereocenters. The van der Waals surface area contributed by atoms with Gasteiger partial charge in [0.2, 0.25) is 11.9 Å². The number of nitrogens with zero attached hydrogens (tertiary/aromatic N) is 4. The Hall–Kier alpha value is -1.69. The van der Waals surface area contributed by atoms with Crippen LogP contribution in [-0.4, -0.2) is 52.5 Å². The van der Waals surface area contributed by atoms with Crippen molar-refractivity contribution >= 4 is 11.9 Å². The number of nitrogens with two attached hydrogens (primary N) is 1. The van der Waals surface area contributed by atoms with E-state index in [1.54, 1.807) is 18.5 Å². The highest BCUT2D eigenvalue weighted by atomic mass is 16.2. The van der Waals surface area contributed by atoms with Crippen LogP contribution in [0.3, 0.4) is 0 Å². The second-order valence-corrected chi connectivity index (χ2v) is 5.58. The van der Waals surface area contributed by atoms with E-state index in [1.165, 1.54) is 0 Å². The standard InChI is InChI=1S/C13H21N5O/c1-13(2,14)10-11(19)17-6-8-18(9-7-17)12-15-4-3-5-16-12/h3-5H,6-10,14H2,1-2H3. The van der Waals surface area contributed by atoms with E-state index in [2.05, 4.69) is 14.9 Å². The Balaban J connectivity index is 1.88. The molecule has 0 spiro atoms. The molecule has 1 aromatic heterocycles. The normalized spacial score (nSPS) is 16.6. The fourth-order valence-electron chi connectivity index (χ4n) is 2.11. The number of amides is 1.